The van der Waals surface area contributed by atoms with Gasteiger partial charge >= 0.3 is 0 Å². The molecule has 6 aromatic rings. The second kappa shape index (κ2) is 6.38. The molecule has 0 saturated heterocycles. The fourth-order valence-electron chi connectivity index (χ4n) is 3.98. The van der Waals surface area contributed by atoms with E-state index in [-0.39, 0.29) is 0 Å². The number of pyridine rings is 3. The SMILES string of the molecule is Cn1cc(-c2ccnc3[nH]cc(-c4ccn5ncc(-c6cccnc6)c5c4)c23)cn1. The largest absolute Gasteiger partial charge is 0.345 e. The second-order valence-corrected chi connectivity index (χ2v) is 7.23. The standard InChI is InChI=1S/C23H17N7/c1-29-14-17(11-27-29)18-4-7-25-23-22(18)20(12-26-23)15-5-8-30-21(9-15)19(13-28-30)16-3-2-6-24-10-16/h2-14H,1H3,(H,25,26). The number of hydrogen-bond donors (Lipinski definition) is 1. The first kappa shape index (κ1) is 16.7. The fourth-order valence-corrected chi connectivity index (χ4v) is 3.98. The molecule has 0 radical (unpaired) electrons. The highest BCUT2D eigenvalue weighted by molar-refractivity contribution is 6.04. The summed E-state index contributed by atoms with van der Waals surface area (Å²) < 4.78 is 3.70. The maximum Gasteiger partial charge on any atom is 0.138 e. The third-order valence-electron chi connectivity index (χ3n) is 5.39. The van der Waals surface area contributed by atoms with Crippen LogP contribution in [0, 0.1) is 0 Å². The second-order valence-electron chi connectivity index (χ2n) is 7.23. The molecule has 0 spiro atoms. The summed E-state index contributed by atoms with van der Waals surface area (Å²) >= 11 is 0. The number of fused-ring (bicyclic) bond motifs is 2. The smallest absolute Gasteiger partial charge is 0.138 e. The molecule has 0 amide bonds. The molecular formula is C23H17N7. The summed E-state index contributed by atoms with van der Waals surface area (Å²) in [6.07, 6.45) is 15.3. The number of hydrogen-bond acceptors (Lipinski definition) is 4. The van der Waals surface area contributed by atoms with Crippen LogP contribution in [0.2, 0.25) is 0 Å². The first-order valence-corrected chi connectivity index (χ1v) is 9.61. The minimum absolute atomic E-state index is 0.854. The first-order valence-electron chi connectivity index (χ1n) is 9.61. The van der Waals surface area contributed by atoms with Crippen LogP contribution in [-0.4, -0.2) is 34.3 Å². The third-order valence-corrected chi connectivity index (χ3v) is 5.39. The van der Waals surface area contributed by atoms with Gasteiger partial charge in [-0.25, -0.2) is 9.50 Å². The molecule has 0 atom stereocenters. The molecule has 0 fully saturated rings. The van der Waals surface area contributed by atoms with E-state index in [0.717, 1.165) is 49.9 Å². The van der Waals surface area contributed by atoms with Gasteiger partial charge in [-0.1, -0.05) is 6.07 Å². The quantitative estimate of drug-likeness (QED) is 0.487. The van der Waals surface area contributed by atoms with Crippen LogP contribution in [0.5, 0.6) is 0 Å². The summed E-state index contributed by atoms with van der Waals surface area (Å²) in [6.45, 7) is 0. The van der Waals surface area contributed by atoms with Gasteiger partial charge in [0.05, 0.1) is 17.9 Å². The highest BCUT2D eigenvalue weighted by Crippen LogP contribution is 2.36. The van der Waals surface area contributed by atoms with E-state index in [1.165, 1.54) is 0 Å². The predicted molar refractivity (Wildman–Crippen MR) is 116 cm³/mol. The van der Waals surface area contributed by atoms with Crippen molar-refractivity contribution < 1.29 is 0 Å². The minimum atomic E-state index is 0.854. The summed E-state index contributed by atoms with van der Waals surface area (Å²) in [6, 6.07) is 10.3. The number of aromatic amines is 1. The topological polar surface area (TPSA) is 76.7 Å². The van der Waals surface area contributed by atoms with Crippen molar-refractivity contribution in [2.45, 2.75) is 0 Å². The molecule has 0 aliphatic carbocycles. The molecule has 0 aliphatic heterocycles. The molecule has 6 heterocycles. The van der Waals surface area contributed by atoms with Gasteiger partial charge in [-0.2, -0.15) is 10.2 Å². The van der Waals surface area contributed by atoms with E-state index < -0.39 is 0 Å². The van der Waals surface area contributed by atoms with Crippen molar-refractivity contribution in [3.63, 3.8) is 0 Å². The molecule has 1 N–H and O–H groups in total. The van der Waals surface area contributed by atoms with Crippen LogP contribution in [0.3, 0.4) is 0 Å². The number of nitrogens with zero attached hydrogens (tertiary/aromatic N) is 6. The highest BCUT2D eigenvalue weighted by atomic mass is 15.2. The number of nitrogens with one attached hydrogen (secondary N) is 1. The van der Waals surface area contributed by atoms with Crippen LogP contribution in [-0.2, 0) is 7.05 Å². The molecule has 6 aromatic heterocycles. The van der Waals surface area contributed by atoms with Crippen LogP contribution >= 0.6 is 0 Å². The zero-order chi connectivity index (χ0) is 20.1. The summed E-state index contributed by atoms with van der Waals surface area (Å²) in [5.74, 6) is 0. The first-order chi connectivity index (χ1) is 14.8. The molecule has 0 unspecified atom stereocenters. The number of H-pyrrole nitrogens is 1. The van der Waals surface area contributed by atoms with Crippen molar-refractivity contribution in [1.82, 2.24) is 34.3 Å². The molecule has 0 aliphatic rings. The Morgan fingerprint density at radius 1 is 0.867 bits per heavy atom. The predicted octanol–water partition coefficient (Wildman–Crippen LogP) is 4.34. The lowest BCUT2D eigenvalue weighted by Gasteiger charge is -2.06. The number of rotatable bonds is 3. The Morgan fingerprint density at radius 2 is 1.83 bits per heavy atom. The molecule has 7 heteroatoms. The van der Waals surface area contributed by atoms with E-state index >= 15 is 0 Å². The van der Waals surface area contributed by atoms with Crippen LogP contribution in [0.25, 0.3) is 49.9 Å². The van der Waals surface area contributed by atoms with E-state index in [4.69, 9.17) is 0 Å². The fraction of sp³-hybridized carbons (Fsp3) is 0.0435. The molecule has 144 valence electrons. The Morgan fingerprint density at radius 3 is 2.67 bits per heavy atom. The van der Waals surface area contributed by atoms with Gasteiger partial charge in [-0.3, -0.25) is 9.67 Å². The van der Waals surface area contributed by atoms with Gasteiger partial charge in [0, 0.05) is 71.9 Å². The Bertz CT molecular complexity index is 1510. The lowest BCUT2D eigenvalue weighted by Crippen LogP contribution is -1.88. The van der Waals surface area contributed by atoms with Crippen molar-refractivity contribution in [2.24, 2.45) is 7.05 Å². The van der Waals surface area contributed by atoms with Gasteiger partial charge in [0.15, 0.2) is 0 Å². The lowest BCUT2D eigenvalue weighted by atomic mass is 9.99. The van der Waals surface area contributed by atoms with E-state index in [2.05, 4.69) is 37.3 Å². The highest BCUT2D eigenvalue weighted by Gasteiger charge is 2.15. The van der Waals surface area contributed by atoms with Crippen molar-refractivity contribution in [2.75, 3.05) is 0 Å². The summed E-state index contributed by atoms with van der Waals surface area (Å²) in [5, 5.41) is 9.92. The summed E-state index contributed by atoms with van der Waals surface area (Å²) in [5.41, 5.74) is 8.33. The monoisotopic (exact) mass is 391 g/mol. The lowest BCUT2D eigenvalue weighted by molar-refractivity contribution is 0.768. The van der Waals surface area contributed by atoms with E-state index in [1.807, 2.05) is 77.8 Å². The van der Waals surface area contributed by atoms with E-state index in [0.29, 0.717) is 0 Å². The van der Waals surface area contributed by atoms with Crippen molar-refractivity contribution in [3.8, 4) is 33.4 Å². The van der Waals surface area contributed by atoms with Crippen LogP contribution in [0.15, 0.2) is 79.9 Å². The van der Waals surface area contributed by atoms with E-state index in [9.17, 15) is 0 Å². The molecule has 0 bridgehead atoms. The maximum absolute atomic E-state index is 4.53. The molecule has 7 nitrogen and oxygen atoms in total. The van der Waals surface area contributed by atoms with E-state index in [1.54, 1.807) is 6.20 Å². The van der Waals surface area contributed by atoms with Gasteiger partial charge in [-0.15, -0.1) is 0 Å². The minimum Gasteiger partial charge on any atom is -0.345 e. The average molecular weight is 391 g/mol. The van der Waals surface area contributed by atoms with Crippen LogP contribution < -0.4 is 0 Å². The molecule has 6 rings (SSSR count). The van der Waals surface area contributed by atoms with Crippen LogP contribution in [0.1, 0.15) is 0 Å². The van der Waals surface area contributed by atoms with Gasteiger partial charge in [0.25, 0.3) is 0 Å². The normalized spacial score (nSPS) is 11.5. The zero-order valence-electron chi connectivity index (χ0n) is 16.2. The average Bonchev–Trinajstić information content (AvgIpc) is 3.51. The van der Waals surface area contributed by atoms with Crippen LogP contribution in [0.4, 0.5) is 0 Å². The Kier molecular flexibility index (Phi) is 3.55. The maximum atomic E-state index is 4.53. The Balaban J connectivity index is 1.58. The van der Waals surface area contributed by atoms with Crippen molar-refractivity contribution in [1.29, 1.82) is 0 Å². The molecular weight excluding hydrogens is 374 g/mol. The molecule has 0 aromatic carbocycles. The molecule has 30 heavy (non-hydrogen) atoms. The Hall–Kier alpha value is -4.26. The van der Waals surface area contributed by atoms with Gasteiger partial charge in [-0.05, 0) is 35.4 Å². The van der Waals surface area contributed by atoms with Crippen molar-refractivity contribution >= 4 is 16.6 Å². The van der Waals surface area contributed by atoms with Gasteiger partial charge in [0.2, 0.25) is 0 Å². The summed E-state index contributed by atoms with van der Waals surface area (Å²) in [4.78, 5) is 12.1. The van der Waals surface area contributed by atoms with Crippen molar-refractivity contribution in [3.05, 3.63) is 79.9 Å². The number of aryl methyl sites for hydroxylation is 1. The van der Waals surface area contributed by atoms with Gasteiger partial charge < -0.3 is 4.98 Å². The zero-order valence-corrected chi connectivity index (χ0v) is 16.2. The third kappa shape index (κ3) is 2.52. The Labute approximate surface area is 171 Å². The molecule has 0 saturated carbocycles. The summed E-state index contributed by atoms with van der Waals surface area (Å²) in [7, 11) is 1.92. The number of aromatic nitrogens is 7. The van der Waals surface area contributed by atoms with Gasteiger partial charge in [0.1, 0.15) is 5.65 Å².